The Kier molecular flexibility index (Phi) is 2.87. The summed E-state index contributed by atoms with van der Waals surface area (Å²) in [7, 11) is 1.29. The second-order valence-electron chi connectivity index (χ2n) is 2.63. The van der Waals surface area contributed by atoms with E-state index in [2.05, 4.69) is 4.74 Å². The predicted molar refractivity (Wildman–Crippen MR) is 49.8 cm³/mol. The number of benzene rings is 1. The molecular weight excluding hydrogens is 168 g/mol. The summed E-state index contributed by atoms with van der Waals surface area (Å²) in [6.45, 7) is 0. The molecule has 13 heavy (non-hydrogen) atoms. The van der Waals surface area contributed by atoms with Crippen molar-refractivity contribution in [2.45, 2.75) is 6.04 Å². The molecule has 70 valence electrons. The van der Waals surface area contributed by atoms with Crippen LogP contribution in [0.1, 0.15) is 11.6 Å². The van der Waals surface area contributed by atoms with Crippen molar-refractivity contribution >= 4 is 11.7 Å². The van der Waals surface area contributed by atoms with E-state index in [9.17, 15) is 4.79 Å². The molecule has 4 heteroatoms. The third-order valence-corrected chi connectivity index (χ3v) is 1.79. The van der Waals surface area contributed by atoms with Crippen molar-refractivity contribution in [2.24, 2.45) is 5.73 Å². The van der Waals surface area contributed by atoms with Gasteiger partial charge in [-0.3, -0.25) is 4.79 Å². The van der Waals surface area contributed by atoms with Gasteiger partial charge in [-0.1, -0.05) is 18.2 Å². The lowest BCUT2D eigenvalue weighted by Crippen LogP contribution is -2.23. The Bertz CT molecular complexity index is 312. The molecule has 0 aromatic heterocycles. The molecule has 0 spiro atoms. The van der Waals surface area contributed by atoms with Gasteiger partial charge in [-0.25, -0.2) is 0 Å². The number of nitrogens with two attached hydrogens (primary N) is 2. The predicted octanol–water partition coefficient (Wildman–Crippen LogP) is 0.442. The highest BCUT2D eigenvalue weighted by Gasteiger charge is 2.17. The molecular formula is C9H12N2O2. The van der Waals surface area contributed by atoms with E-state index in [1.807, 2.05) is 0 Å². The Balaban J connectivity index is 2.95. The normalized spacial score (nSPS) is 12.2. The Morgan fingerprint density at radius 2 is 2.08 bits per heavy atom. The van der Waals surface area contributed by atoms with E-state index in [1.165, 1.54) is 7.11 Å². The van der Waals surface area contributed by atoms with Crippen LogP contribution in [0.15, 0.2) is 24.3 Å². The monoisotopic (exact) mass is 180 g/mol. The number of hydrogen-bond donors (Lipinski definition) is 2. The average Bonchev–Trinajstić information content (AvgIpc) is 2.16. The molecule has 1 unspecified atom stereocenters. The number of carbonyl (C=O) groups excluding carboxylic acids is 1. The molecule has 4 nitrogen and oxygen atoms in total. The van der Waals surface area contributed by atoms with Crippen LogP contribution in [0.25, 0.3) is 0 Å². The molecule has 1 aromatic rings. The SMILES string of the molecule is COC(=O)C(N)c1ccccc1N. The Morgan fingerprint density at radius 3 is 2.62 bits per heavy atom. The van der Waals surface area contributed by atoms with Crippen molar-refractivity contribution in [3.8, 4) is 0 Å². The Morgan fingerprint density at radius 1 is 1.46 bits per heavy atom. The summed E-state index contributed by atoms with van der Waals surface area (Å²) >= 11 is 0. The van der Waals surface area contributed by atoms with Crippen LogP contribution >= 0.6 is 0 Å². The van der Waals surface area contributed by atoms with Gasteiger partial charge in [0.05, 0.1) is 7.11 Å². The van der Waals surface area contributed by atoms with Crippen LogP contribution in [0.4, 0.5) is 5.69 Å². The van der Waals surface area contributed by atoms with E-state index in [1.54, 1.807) is 24.3 Å². The summed E-state index contributed by atoms with van der Waals surface area (Å²) in [5, 5.41) is 0. The van der Waals surface area contributed by atoms with E-state index in [4.69, 9.17) is 11.5 Å². The first-order chi connectivity index (χ1) is 6.16. The van der Waals surface area contributed by atoms with E-state index in [0.717, 1.165) is 0 Å². The number of methoxy groups -OCH3 is 1. The van der Waals surface area contributed by atoms with Gasteiger partial charge in [-0.2, -0.15) is 0 Å². The molecule has 1 atom stereocenters. The van der Waals surface area contributed by atoms with Crippen LogP contribution < -0.4 is 11.5 Å². The van der Waals surface area contributed by atoms with Crippen LogP contribution in [0.3, 0.4) is 0 Å². The lowest BCUT2D eigenvalue weighted by Gasteiger charge is -2.11. The van der Waals surface area contributed by atoms with Crippen LogP contribution in [0, 0.1) is 0 Å². The first-order valence-corrected chi connectivity index (χ1v) is 3.84. The maximum absolute atomic E-state index is 11.1. The molecule has 1 rings (SSSR count). The van der Waals surface area contributed by atoms with Crippen molar-refractivity contribution in [3.63, 3.8) is 0 Å². The van der Waals surface area contributed by atoms with Crippen LogP contribution in [-0.2, 0) is 9.53 Å². The fourth-order valence-electron chi connectivity index (χ4n) is 1.05. The molecule has 0 aliphatic heterocycles. The zero-order valence-corrected chi connectivity index (χ0v) is 7.36. The van der Waals surface area contributed by atoms with Gasteiger partial charge in [0.15, 0.2) is 0 Å². The van der Waals surface area contributed by atoms with E-state index in [-0.39, 0.29) is 0 Å². The number of nitrogen functional groups attached to an aromatic ring is 1. The third-order valence-electron chi connectivity index (χ3n) is 1.79. The highest BCUT2D eigenvalue weighted by atomic mass is 16.5. The summed E-state index contributed by atoms with van der Waals surface area (Å²) in [6, 6.07) is 6.15. The van der Waals surface area contributed by atoms with E-state index >= 15 is 0 Å². The summed E-state index contributed by atoms with van der Waals surface area (Å²) in [4.78, 5) is 11.1. The highest BCUT2D eigenvalue weighted by molar-refractivity contribution is 5.79. The van der Waals surface area contributed by atoms with Gasteiger partial charge in [0.2, 0.25) is 0 Å². The first-order valence-electron chi connectivity index (χ1n) is 3.84. The molecule has 0 saturated carbocycles. The molecule has 0 heterocycles. The third kappa shape index (κ3) is 1.97. The number of rotatable bonds is 2. The minimum Gasteiger partial charge on any atom is -0.468 e. The van der Waals surface area contributed by atoms with Crippen LogP contribution in [0.2, 0.25) is 0 Å². The van der Waals surface area contributed by atoms with Crippen molar-refractivity contribution in [1.29, 1.82) is 0 Å². The number of anilines is 1. The van der Waals surface area contributed by atoms with Crippen LogP contribution in [-0.4, -0.2) is 13.1 Å². The van der Waals surface area contributed by atoms with E-state index < -0.39 is 12.0 Å². The minimum absolute atomic E-state index is 0.488. The van der Waals surface area contributed by atoms with Gasteiger partial charge >= 0.3 is 5.97 Å². The van der Waals surface area contributed by atoms with Crippen molar-refractivity contribution in [2.75, 3.05) is 12.8 Å². The molecule has 0 fully saturated rings. The summed E-state index contributed by atoms with van der Waals surface area (Å²) in [5.74, 6) is -0.488. The van der Waals surface area contributed by atoms with Gasteiger partial charge in [-0.15, -0.1) is 0 Å². The standard InChI is InChI=1S/C9H12N2O2/c1-13-9(12)8(11)6-4-2-3-5-7(6)10/h2-5,8H,10-11H2,1H3. The van der Waals surface area contributed by atoms with E-state index in [0.29, 0.717) is 11.3 Å². The second kappa shape index (κ2) is 3.91. The minimum atomic E-state index is -0.800. The topological polar surface area (TPSA) is 78.3 Å². The maximum atomic E-state index is 11.1. The fourth-order valence-corrected chi connectivity index (χ4v) is 1.05. The summed E-state index contributed by atoms with van der Waals surface area (Å²) in [5.41, 5.74) is 12.3. The number of esters is 1. The number of ether oxygens (including phenoxy) is 1. The van der Waals surface area contributed by atoms with Crippen molar-refractivity contribution in [3.05, 3.63) is 29.8 Å². The molecule has 1 aromatic carbocycles. The number of para-hydroxylation sites is 1. The van der Waals surface area contributed by atoms with Gasteiger partial charge in [0.1, 0.15) is 6.04 Å². The van der Waals surface area contributed by atoms with Crippen molar-refractivity contribution < 1.29 is 9.53 Å². The largest absolute Gasteiger partial charge is 0.468 e. The van der Waals surface area contributed by atoms with Gasteiger partial charge in [0.25, 0.3) is 0 Å². The van der Waals surface area contributed by atoms with Gasteiger partial charge in [-0.05, 0) is 6.07 Å². The fraction of sp³-hybridized carbons (Fsp3) is 0.222. The molecule has 0 aliphatic rings. The Labute approximate surface area is 76.5 Å². The lowest BCUT2D eigenvalue weighted by molar-refractivity contribution is -0.142. The average molecular weight is 180 g/mol. The van der Waals surface area contributed by atoms with Gasteiger partial charge < -0.3 is 16.2 Å². The zero-order valence-electron chi connectivity index (χ0n) is 7.36. The molecule has 0 aliphatic carbocycles. The lowest BCUT2D eigenvalue weighted by atomic mass is 10.1. The summed E-state index contributed by atoms with van der Waals surface area (Å²) in [6.07, 6.45) is 0. The number of carbonyl (C=O) groups is 1. The second-order valence-corrected chi connectivity index (χ2v) is 2.63. The summed E-state index contributed by atoms with van der Waals surface area (Å²) < 4.78 is 4.50. The van der Waals surface area contributed by atoms with Gasteiger partial charge in [0, 0.05) is 11.3 Å². The highest BCUT2D eigenvalue weighted by Crippen LogP contribution is 2.18. The molecule has 4 N–H and O–H groups in total. The van der Waals surface area contributed by atoms with Crippen molar-refractivity contribution in [1.82, 2.24) is 0 Å². The number of hydrogen-bond acceptors (Lipinski definition) is 4. The maximum Gasteiger partial charge on any atom is 0.327 e. The quantitative estimate of drug-likeness (QED) is 0.511. The Hall–Kier alpha value is -1.55. The zero-order chi connectivity index (χ0) is 9.84. The first kappa shape index (κ1) is 9.54. The molecule has 0 radical (unpaired) electrons. The molecule has 0 saturated heterocycles. The molecule has 0 amide bonds. The molecule has 0 bridgehead atoms. The smallest absolute Gasteiger partial charge is 0.327 e. The van der Waals surface area contributed by atoms with Crippen LogP contribution in [0.5, 0.6) is 0 Å².